The number of hydrogen-bond acceptors (Lipinski definition) is 4. The van der Waals surface area contributed by atoms with Gasteiger partial charge >= 0.3 is 0 Å². The molecule has 0 aliphatic heterocycles. The SMILES string of the molecule is CC(C)(C)c1nc(-c2ccc(F)c(C#N)c2)c2c(N)nccn12. The molecule has 0 bridgehead atoms. The van der Waals surface area contributed by atoms with Crippen molar-refractivity contribution in [1.29, 1.82) is 5.26 Å². The molecular weight excluding hydrogens is 293 g/mol. The molecule has 0 saturated carbocycles. The van der Waals surface area contributed by atoms with Crippen LogP contribution in [0.5, 0.6) is 0 Å². The third-order valence-corrected chi connectivity index (χ3v) is 3.61. The van der Waals surface area contributed by atoms with Crippen molar-refractivity contribution in [3.8, 4) is 17.3 Å². The Morgan fingerprint density at radius 3 is 2.70 bits per heavy atom. The Kier molecular flexibility index (Phi) is 3.29. The van der Waals surface area contributed by atoms with Crippen LogP contribution in [0.25, 0.3) is 16.8 Å². The summed E-state index contributed by atoms with van der Waals surface area (Å²) in [5.41, 5.74) is 7.69. The first-order chi connectivity index (χ1) is 10.8. The van der Waals surface area contributed by atoms with Crippen molar-refractivity contribution in [2.75, 3.05) is 5.73 Å². The second kappa shape index (κ2) is 5.06. The lowest BCUT2D eigenvalue weighted by atomic mass is 9.96. The highest BCUT2D eigenvalue weighted by molar-refractivity contribution is 5.85. The standard InChI is InChI=1S/C17H16FN5/c1-17(2,3)16-22-13(14-15(20)21-6-7-23(14)16)10-4-5-12(18)11(8-10)9-19/h4-8H,1-3H3,(H2,20,21). The maximum absolute atomic E-state index is 13.6. The molecule has 1 aromatic carbocycles. The molecule has 2 N–H and O–H groups in total. The van der Waals surface area contributed by atoms with E-state index >= 15 is 0 Å². The van der Waals surface area contributed by atoms with E-state index in [1.165, 1.54) is 12.1 Å². The monoisotopic (exact) mass is 309 g/mol. The van der Waals surface area contributed by atoms with E-state index in [1.807, 2.05) is 31.2 Å². The van der Waals surface area contributed by atoms with E-state index in [9.17, 15) is 4.39 Å². The smallest absolute Gasteiger partial charge is 0.150 e. The number of nitrogens with zero attached hydrogens (tertiary/aromatic N) is 4. The molecule has 116 valence electrons. The average molecular weight is 309 g/mol. The highest BCUT2D eigenvalue weighted by Gasteiger charge is 2.24. The van der Waals surface area contributed by atoms with Crippen LogP contribution >= 0.6 is 0 Å². The van der Waals surface area contributed by atoms with Crippen LogP contribution in [-0.2, 0) is 5.41 Å². The van der Waals surface area contributed by atoms with Crippen LogP contribution in [0.4, 0.5) is 10.2 Å². The molecule has 23 heavy (non-hydrogen) atoms. The van der Waals surface area contributed by atoms with Gasteiger partial charge in [0.15, 0.2) is 0 Å². The Morgan fingerprint density at radius 2 is 2.04 bits per heavy atom. The van der Waals surface area contributed by atoms with Gasteiger partial charge in [0.25, 0.3) is 0 Å². The maximum Gasteiger partial charge on any atom is 0.150 e. The summed E-state index contributed by atoms with van der Waals surface area (Å²) >= 11 is 0. The minimum atomic E-state index is -0.554. The van der Waals surface area contributed by atoms with E-state index in [0.29, 0.717) is 22.6 Å². The van der Waals surface area contributed by atoms with Gasteiger partial charge in [0.1, 0.15) is 34.7 Å². The number of nitrogen functional groups attached to an aromatic ring is 1. The topological polar surface area (TPSA) is 80.0 Å². The van der Waals surface area contributed by atoms with Crippen molar-refractivity contribution in [3.05, 3.63) is 47.8 Å². The molecule has 3 aromatic rings. The van der Waals surface area contributed by atoms with Crippen LogP contribution in [0.15, 0.2) is 30.6 Å². The predicted octanol–water partition coefficient (Wildman–Crippen LogP) is 3.29. The highest BCUT2D eigenvalue weighted by atomic mass is 19.1. The third-order valence-electron chi connectivity index (χ3n) is 3.61. The van der Waals surface area contributed by atoms with E-state index in [0.717, 1.165) is 5.82 Å². The van der Waals surface area contributed by atoms with Crippen LogP contribution in [0.1, 0.15) is 32.2 Å². The zero-order valence-corrected chi connectivity index (χ0v) is 13.1. The molecule has 5 nitrogen and oxygen atoms in total. The summed E-state index contributed by atoms with van der Waals surface area (Å²) in [4.78, 5) is 8.83. The number of hydrogen-bond donors (Lipinski definition) is 1. The molecule has 6 heteroatoms. The Morgan fingerprint density at radius 1 is 1.30 bits per heavy atom. The normalized spacial score (nSPS) is 11.6. The largest absolute Gasteiger partial charge is 0.382 e. The molecule has 0 saturated heterocycles. The summed E-state index contributed by atoms with van der Waals surface area (Å²) in [6.45, 7) is 6.15. The van der Waals surface area contributed by atoms with Gasteiger partial charge in [-0.05, 0) is 18.2 Å². The highest BCUT2D eigenvalue weighted by Crippen LogP contribution is 2.33. The summed E-state index contributed by atoms with van der Waals surface area (Å²) < 4.78 is 15.5. The number of benzene rings is 1. The average Bonchev–Trinajstić information content (AvgIpc) is 2.89. The predicted molar refractivity (Wildman–Crippen MR) is 86.2 cm³/mol. The van der Waals surface area contributed by atoms with Crippen molar-refractivity contribution < 1.29 is 4.39 Å². The van der Waals surface area contributed by atoms with Gasteiger partial charge in [-0.1, -0.05) is 20.8 Å². The van der Waals surface area contributed by atoms with Crippen molar-refractivity contribution in [1.82, 2.24) is 14.4 Å². The molecule has 3 rings (SSSR count). The number of anilines is 1. The van der Waals surface area contributed by atoms with Gasteiger partial charge in [0.05, 0.1) is 5.56 Å². The molecular formula is C17H16FN5. The Bertz CT molecular complexity index is 944. The zero-order chi connectivity index (χ0) is 16.8. The van der Waals surface area contributed by atoms with E-state index in [4.69, 9.17) is 16.0 Å². The summed E-state index contributed by atoms with van der Waals surface area (Å²) in [5.74, 6) is 0.606. The van der Waals surface area contributed by atoms with Crippen LogP contribution in [0, 0.1) is 17.1 Å². The first-order valence-corrected chi connectivity index (χ1v) is 7.16. The molecule has 0 aliphatic rings. The van der Waals surface area contributed by atoms with Gasteiger partial charge in [0, 0.05) is 23.4 Å². The van der Waals surface area contributed by atoms with Gasteiger partial charge in [0.2, 0.25) is 0 Å². The molecule has 2 heterocycles. The van der Waals surface area contributed by atoms with Gasteiger partial charge in [-0.2, -0.15) is 5.26 Å². The fourth-order valence-corrected chi connectivity index (χ4v) is 2.55. The van der Waals surface area contributed by atoms with Crippen molar-refractivity contribution >= 4 is 11.3 Å². The first kappa shape index (κ1) is 15.0. The minimum Gasteiger partial charge on any atom is -0.382 e. The summed E-state index contributed by atoms with van der Waals surface area (Å²) in [6.07, 6.45) is 3.42. The van der Waals surface area contributed by atoms with Crippen molar-refractivity contribution in [2.24, 2.45) is 0 Å². The summed E-state index contributed by atoms with van der Waals surface area (Å²) in [6, 6.07) is 6.19. The van der Waals surface area contributed by atoms with Gasteiger partial charge in [-0.15, -0.1) is 0 Å². The molecule has 0 aliphatic carbocycles. The van der Waals surface area contributed by atoms with Crippen LogP contribution in [-0.4, -0.2) is 14.4 Å². The Labute approximate surface area is 133 Å². The number of nitrogens with two attached hydrogens (primary N) is 1. The number of imidazole rings is 1. The number of aromatic nitrogens is 3. The molecule has 0 amide bonds. The quantitative estimate of drug-likeness (QED) is 0.748. The van der Waals surface area contributed by atoms with E-state index < -0.39 is 5.82 Å². The molecule has 0 atom stereocenters. The fourth-order valence-electron chi connectivity index (χ4n) is 2.55. The molecule has 2 aromatic heterocycles. The van der Waals surface area contributed by atoms with Crippen molar-refractivity contribution in [2.45, 2.75) is 26.2 Å². The Hall–Kier alpha value is -2.94. The lowest BCUT2D eigenvalue weighted by Gasteiger charge is -2.16. The van der Waals surface area contributed by atoms with Crippen LogP contribution in [0.3, 0.4) is 0 Å². The van der Waals surface area contributed by atoms with Crippen LogP contribution < -0.4 is 5.73 Å². The first-order valence-electron chi connectivity index (χ1n) is 7.16. The summed E-state index contributed by atoms with van der Waals surface area (Å²) in [5, 5.41) is 9.04. The van der Waals surface area contributed by atoms with Gasteiger partial charge in [-0.25, -0.2) is 14.4 Å². The summed E-state index contributed by atoms with van der Waals surface area (Å²) in [7, 11) is 0. The molecule has 0 fully saturated rings. The third kappa shape index (κ3) is 2.40. The van der Waals surface area contributed by atoms with E-state index in [1.54, 1.807) is 18.5 Å². The maximum atomic E-state index is 13.6. The lowest BCUT2D eigenvalue weighted by Crippen LogP contribution is -2.16. The van der Waals surface area contributed by atoms with Crippen LogP contribution in [0.2, 0.25) is 0 Å². The minimum absolute atomic E-state index is 0.0246. The van der Waals surface area contributed by atoms with E-state index in [2.05, 4.69) is 4.98 Å². The second-order valence-electron chi connectivity index (χ2n) is 6.37. The molecule has 0 unspecified atom stereocenters. The lowest BCUT2D eigenvalue weighted by molar-refractivity contribution is 0.543. The van der Waals surface area contributed by atoms with Gasteiger partial charge in [-0.3, -0.25) is 4.40 Å². The molecule has 0 spiro atoms. The van der Waals surface area contributed by atoms with E-state index in [-0.39, 0.29) is 11.0 Å². The number of fused-ring (bicyclic) bond motifs is 1. The van der Waals surface area contributed by atoms with Crippen molar-refractivity contribution in [3.63, 3.8) is 0 Å². The Balaban J connectivity index is 2.37. The second-order valence-corrected chi connectivity index (χ2v) is 6.37. The number of halogens is 1. The fraction of sp³-hybridized carbons (Fsp3) is 0.235. The zero-order valence-electron chi connectivity index (χ0n) is 13.1. The molecule has 0 radical (unpaired) electrons. The number of rotatable bonds is 1. The number of nitriles is 1. The van der Waals surface area contributed by atoms with Gasteiger partial charge < -0.3 is 5.73 Å².